The molecule has 24 heavy (non-hydrogen) atoms. The van der Waals surface area contributed by atoms with E-state index in [9.17, 15) is 0 Å². The van der Waals surface area contributed by atoms with E-state index >= 15 is 0 Å². The van der Waals surface area contributed by atoms with Crippen molar-refractivity contribution in [1.29, 1.82) is 0 Å². The lowest BCUT2D eigenvalue weighted by Crippen LogP contribution is -2.01. The predicted octanol–water partition coefficient (Wildman–Crippen LogP) is 4.59. The summed E-state index contributed by atoms with van der Waals surface area (Å²) < 4.78 is 2.44. The summed E-state index contributed by atoms with van der Waals surface area (Å²) in [5.41, 5.74) is 1.87. The molecule has 1 heterocycles. The van der Waals surface area contributed by atoms with Gasteiger partial charge in [0.15, 0.2) is 10.6 Å². The minimum absolute atomic E-state index is 0.529. The number of hydrogen-bond acceptors (Lipinski definition) is 4. The first-order valence-corrected chi connectivity index (χ1v) is 7.78. The van der Waals surface area contributed by atoms with E-state index in [0.717, 1.165) is 34.1 Å². The third kappa shape index (κ3) is 3.04. The molecule has 0 aliphatic carbocycles. The fourth-order valence-electron chi connectivity index (χ4n) is 2.51. The number of fused-ring (bicyclic) bond motifs is 1. The number of aromatic amines is 1. The van der Waals surface area contributed by atoms with E-state index in [2.05, 4.69) is 33.4 Å². The van der Waals surface area contributed by atoms with Gasteiger partial charge in [0.2, 0.25) is 0 Å². The van der Waals surface area contributed by atoms with Crippen LogP contribution in [0, 0.1) is 4.77 Å². The Bertz CT molecular complexity index is 1010. The molecule has 2 aromatic carbocycles. The highest BCUT2D eigenvalue weighted by Crippen LogP contribution is 2.25. The van der Waals surface area contributed by atoms with Gasteiger partial charge < -0.3 is 5.11 Å². The van der Waals surface area contributed by atoms with Crippen LogP contribution in [-0.4, -0.2) is 26.1 Å². The maximum absolute atomic E-state index is 8.60. The van der Waals surface area contributed by atoms with Gasteiger partial charge in [-0.3, -0.25) is 14.7 Å². The number of hydrogen-bond donors (Lipinski definition) is 2. The monoisotopic (exact) mass is 336 g/mol. The highest BCUT2D eigenvalue weighted by Gasteiger charge is 2.12. The number of nitrogens with one attached hydrogen (secondary N) is 1. The Morgan fingerprint density at radius 2 is 2.04 bits per heavy atom. The van der Waals surface area contributed by atoms with Gasteiger partial charge in [-0.25, -0.2) is 0 Å². The van der Waals surface area contributed by atoms with Crippen LogP contribution in [0.3, 0.4) is 0 Å². The number of benzene rings is 2. The summed E-state index contributed by atoms with van der Waals surface area (Å²) in [4.78, 5) is 3.91. The molecule has 0 saturated heterocycles. The summed E-state index contributed by atoms with van der Waals surface area (Å²) in [6.45, 7) is 1.93. The number of aliphatic hydroxyl groups is 1. The van der Waals surface area contributed by atoms with Crippen molar-refractivity contribution in [2.45, 2.75) is 6.92 Å². The Hall–Kier alpha value is -2.99. The van der Waals surface area contributed by atoms with Crippen LogP contribution < -0.4 is 0 Å². The number of nitrogens with zero attached hydrogens (tertiary/aromatic N) is 3. The molecule has 0 bridgehead atoms. The SMILES string of the molecule is C\C(=C/C=N\C=C\O)c1n[nH]c(=S)n1-c1cccc2ccccc12. The molecule has 0 fully saturated rings. The first-order valence-electron chi connectivity index (χ1n) is 7.37. The van der Waals surface area contributed by atoms with Gasteiger partial charge in [-0.05, 0) is 42.2 Å². The van der Waals surface area contributed by atoms with Gasteiger partial charge in [0.25, 0.3) is 0 Å². The van der Waals surface area contributed by atoms with Crippen LogP contribution in [0.1, 0.15) is 12.7 Å². The third-order valence-corrected chi connectivity index (χ3v) is 3.87. The van der Waals surface area contributed by atoms with Gasteiger partial charge in [0.05, 0.1) is 18.1 Å². The standard InChI is InChI=1S/C18H16N4OS/c1-13(9-10-19-11-12-23)17-20-21-18(24)22(17)16-8-4-6-14-5-2-3-7-15(14)16/h2-12,23H,1H3,(H,21,24)/b12-11+,13-9+,19-10-. The summed E-state index contributed by atoms with van der Waals surface area (Å²) in [6.07, 6.45) is 5.58. The lowest BCUT2D eigenvalue weighted by atomic mass is 10.1. The molecule has 0 radical (unpaired) electrons. The highest BCUT2D eigenvalue weighted by molar-refractivity contribution is 7.71. The van der Waals surface area contributed by atoms with Crippen LogP contribution in [0.2, 0.25) is 0 Å². The molecule has 0 atom stereocenters. The van der Waals surface area contributed by atoms with Crippen molar-refractivity contribution in [2.24, 2.45) is 4.99 Å². The predicted molar refractivity (Wildman–Crippen MR) is 100 cm³/mol. The lowest BCUT2D eigenvalue weighted by molar-refractivity contribution is 0.472. The largest absolute Gasteiger partial charge is 0.514 e. The molecule has 3 aromatic rings. The van der Waals surface area contributed by atoms with Crippen LogP contribution >= 0.6 is 12.2 Å². The average Bonchev–Trinajstić information content (AvgIpc) is 2.99. The molecule has 5 nitrogen and oxygen atoms in total. The van der Waals surface area contributed by atoms with E-state index in [1.807, 2.05) is 41.8 Å². The first-order chi connectivity index (χ1) is 11.7. The lowest BCUT2D eigenvalue weighted by Gasteiger charge is -2.10. The van der Waals surface area contributed by atoms with E-state index in [1.54, 1.807) is 6.21 Å². The first kappa shape index (κ1) is 15.9. The number of aliphatic hydroxyl groups excluding tert-OH is 1. The molecule has 0 aliphatic heterocycles. The molecular formula is C18H16N4OS. The fourth-order valence-corrected chi connectivity index (χ4v) is 2.74. The number of aliphatic imine (C=N–C) groups is 1. The second kappa shape index (κ2) is 7.06. The molecule has 1 aromatic heterocycles. The number of aromatic nitrogens is 3. The van der Waals surface area contributed by atoms with Crippen molar-refractivity contribution in [3.63, 3.8) is 0 Å². The molecule has 0 unspecified atom stereocenters. The smallest absolute Gasteiger partial charge is 0.200 e. The zero-order valence-corrected chi connectivity index (χ0v) is 13.9. The normalized spacial score (nSPS) is 12.6. The van der Waals surface area contributed by atoms with Crippen LogP contribution in [0.15, 0.2) is 66.0 Å². The molecule has 0 amide bonds. The van der Waals surface area contributed by atoms with Crippen molar-refractivity contribution >= 4 is 34.8 Å². The molecule has 2 N–H and O–H groups in total. The number of rotatable bonds is 4. The van der Waals surface area contributed by atoms with E-state index in [-0.39, 0.29) is 0 Å². The average molecular weight is 336 g/mol. The maximum atomic E-state index is 8.60. The van der Waals surface area contributed by atoms with E-state index in [0.29, 0.717) is 4.77 Å². The summed E-state index contributed by atoms with van der Waals surface area (Å²) in [5.74, 6) is 0.718. The molecule has 0 aliphatic rings. The zero-order valence-electron chi connectivity index (χ0n) is 13.0. The van der Waals surface area contributed by atoms with Gasteiger partial charge in [0.1, 0.15) is 0 Å². The van der Waals surface area contributed by atoms with Crippen molar-refractivity contribution in [3.8, 4) is 5.69 Å². The van der Waals surface area contributed by atoms with Crippen LogP contribution in [-0.2, 0) is 0 Å². The summed E-state index contributed by atoms with van der Waals surface area (Å²) in [7, 11) is 0. The van der Waals surface area contributed by atoms with Crippen LogP contribution in [0.4, 0.5) is 0 Å². The second-order valence-electron chi connectivity index (χ2n) is 5.13. The molecule has 0 spiro atoms. The van der Waals surface area contributed by atoms with Gasteiger partial charge >= 0.3 is 0 Å². The fraction of sp³-hybridized carbons (Fsp3) is 0.0556. The van der Waals surface area contributed by atoms with Crippen molar-refractivity contribution in [2.75, 3.05) is 0 Å². The summed E-state index contributed by atoms with van der Waals surface area (Å²) in [5, 5.41) is 18.0. The Morgan fingerprint density at radius 3 is 2.88 bits per heavy atom. The Labute approximate surface area is 144 Å². The molecule has 3 rings (SSSR count). The number of allylic oxidation sites excluding steroid dienone is 2. The highest BCUT2D eigenvalue weighted by atomic mass is 32.1. The maximum Gasteiger partial charge on any atom is 0.200 e. The Kier molecular flexibility index (Phi) is 4.67. The third-order valence-electron chi connectivity index (χ3n) is 3.60. The van der Waals surface area contributed by atoms with Gasteiger partial charge in [-0.15, -0.1) is 0 Å². The topological polar surface area (TPSA) is 66.2 Å². The Morgan fingerprint density at radius 1 is 1.25 bits per heavy atom. The summed E-state index contributed by atoms with van der Waals surface area (Å²) >= 11 is 5.43. The van der Waals surface area contributed by atoms with Crippen molar-refractivity contribution in [1.82, 2.24) is 14.8 Å². The zero-order chi connectivity index (χ0) is 16.9. The number of H-pyrrole nitrogens is 1. The molecular weight excluding hydrogens is 320 g/mol. The quantitative estimate of drug-likeness (QED) is 0.416. The molecule has 0 saturated carbocycles. The Balaban J connectivity index is 2.16. The van der Waals surface area contributed by atoms with Gasteiger partial charge in [0, 0.05) is 11.6 Å². The van der Waals surface area contributed by atoms with Gasteiger partial charge in [-0.1, -0.05) is 36.4 Å². The minimum Gasteiger partial charge on any atom is -0.514 e. The molecule has 120 valence electrons. The van der Waals surface area contributed by atoms with Crippen LogP contribution in [0.5, 0.6) is 0 Å². The van der Waals surface area contributed by atoms with Crippen molar-refractivity contribution < 1.29 is 5.11 Å². The minimum atomic E-state index is 0.529. The van der Waals surface area contributed by atoms with E-state index in [1.165, 1.54) is 6.20 Å². The van der Waals surface area contributed by atoms with Crippen LogP contribution in [0.25, 0.3) is 22.0 Å². The van der Waals surface area contributed by atoms with Gasteiger partial charge in [-0.2, -0.15) is 5.10 Å². The molecule has 6 heteroatoms. The van der Waals surface area contributed by atoms with E-state index in [4.69, 9.17) is 17.3 Å². The van der Waals surface area contributed by atoms with E-state index < -0.39 is 0 Å². The second-order valence-corrected chi connectivity index (χ2v) is 5.52. The van der Waals surface area contributed by atoms with Crippen molar-refractivity contribution in [3.05, 3.63) is 71.6 Å². The summed E-state index contributed by atoms with van der Waals surface area (Å²) in [6, 6.07) is 14.2.